The second-order valence-corrected chi connectivity index (χ2v) is 19.0. The lowest BCUT2D eigenvalue weighted by molar-refractivity contribution is -0.179. The molecule has 1 N–H and O–H groups in total. The fraction of sp³-hybridized carbons (Fsp3) is 0.686. The van der Waals surface area contributed by atoms with Crippen LogP contribution in [0.3, 0.4) is 0 Å². The topological polar surface area (TPSA) is 232 Å². The van der Waals surface area contributed by atoms with E-state index in [1.807, 2.05) is 0 Å². The molecule has 26 heteroatoms. The van der Waals surface area contributed by atoms with Gasteiger partial charge >= 0.3 is 41.8 Å². The first kappa shape index (κ1) is 58.2. The van der Waals surface area contributed by atoms with Gasteiger partial charge in [0.1, 0.15) is 55.9 Å². The summed E-state index contributed by atoms with van der Waals surface area (Å²) in [6.07, 6.45) is 0. The highest BCUT2D eigenvalue weighted by Gasteiger charge is 2.45. The van der Waals surface area contributed by atoms with Gasteiger partial charge in [0.05, 0.1) is 49.4 Å². The van der Waals surface area contributed by atoms with Gasteiger partial charge in [0, 0.05) is 0 Å². The standard InChI is InChI=1S/C35H50O18S8/c1-8-44-29(54)58-12-22(36)48-18-34(6,19-49-23(37)13-59-30(55)45-9-2)27(42)52-16-33(5,26(40)41)17-53-28(43)35(7,20-50-24(38)14-60-31(56)46-10-3)21-51-25(39)15-61-32(57)47-11-4/h8-21H2,1-7H3,(H,40,41). The van der Waals surface area contributed by atoms with Gasteiger partial charge in [-0.2, -0.15) is 0 Å². The molecule has 0 bridgehead atoms. The van der Waals surface area contributed by atoms with Crippen LogP contribution < -0.4 is 0 Å². The van der Waals surface area contributed by atoms with Crippen LogP contribution in [0.15, 0.2) is 0 Å². The van der Waals surface area contributed by atoms with Gasteiger partial charge in [-0.25, -0.2) is 0 Å². The van der Waals surface area contributed by atoms with E-state index in [0.29, 0.717) is 0 Å². The Hall–Kier alpha value is -2.75. The van der Waals surface area contributed by atoms with Gasteiger partial charge in [0.2, 0.25) is 17.5 Å². The molecule has 0 saturated heterocycles. The molecule has 0 aliphatic rings. The van der Waals surface area contributed by atoms with Crippen molar-refractivity contribution in [3.8, 4) is 0 Å². The minimum Gasteiger partial charge on any atom is -0.481 e. The highest BCUT2D eigenvalue weighted by Crippen LogP contribution is 2.27. The van der Waals surface area contributed by atoms with E-state index in [1.54, 1.807) is 27.7 Å². The Kier molecular flexibility index (Phi) is 29.8. The van der Waals surface area contributed by atoms with E-state index in [1.165, 1.54) is 13.8 Å². The first-order valence-corrected chi connectivity index (χ1v) is 23.6. The van der Waals surface area contributed by atoms with Gasteiger partial charge < -0.3 is 52.5 Å². The molecular weight excluding hydrogens is 965 g/mol. The van der Waals surface area contributed by atoms with Crippen molar-refractivity contribution in [3.05, 3.63) is 0 Å². The van der Waals surface area contributed by atoms with Crippen LogP contribution in [0.1, 0.15) is 48.5 Å². The van der Waals surface area contributed by atoms with Crippen molar-refractivity contribution in [3.63, 3.8) is 0 Å². The van der Waals surface area contributed by atoms with Crippen LogP contribution in [0.5, 0.6) is 0 Å². The maximum absolute atomic E-state index is 13.6. The molecule has 0 fully saturated rings. The molecule has 0 atom stereocenters. The molecule has 18 nitrogen and oxygen atoms in total. The predicted molar refractivity (Wildman–Crippen MR) is 244 cm³/mol. The number of thiocarbonyl (C=S) groups is 4. The molecule has 0 radical (unpaired) electrons. The van der Waals surface area contributed by atoms with Crippen molar-refractivity contribution >= 4 is 155 Å². The SMILES string of the molecule is CCOC(=S)SCC(=O)OCC(C)(COC(=O)CSC(=S)OCC)C(=O)OCC(C)(COC(=O)C(C)(COC(=O)CSC(=S)OCC)COC(=O)CSC(=S)OCC)C(=O)O. The van der Waals surface area contributed by atoms with Gasteiger partial charge in [-0.15, -0.1) is 0 Å². The number of ether oxygens (including phenoxy) is 10. The average molecular weight is 1020 g/mol. The third-order valence-corrected chi connectivity index (χ3v) is 11.9. The largest absolute Gasteiger partial charge is 0.481 e. The quantitative estimate of drug-likeness (QED) is 0.0675. The summed E-state index contributed by atoms with van der Waals surface area (Å²) in [5.41, 5.74) is -5.86. The summed E-state index contributed by atoms with van der Waals surface area (Å²) in [7, 11) is 0. The summed E-state index contributed by atoms with van der Waals surface area (Å²) in [4.78, 5) is 89.8. The molecule has 346 valence electrons. The summed E-state index contributed by atoms with van der Waals surface area (Å²) >= 11 is 23.5. The zero-order valence-electron chi connectivity index (χ0n) is 34.6. The van der Waals surface area contributed by atoms with E-state index in [4.69, 9.17) is 96.2 Å². The second-order valence-electron chi connectivity index (χ2n) is 12.7. The van der Waals surface area contributed by atoms with Crippen molar-refractivity contribution in [1.82, 2.24) is 0 Å². The molecule has 0 heterocycles. The molecule has 0 amide bonds. The number of hydrogen-bond acceptors (Lipinski definition) is 25. The number of hydrogen-bond donors (Lipinski definition) is 1. The highest BCUT2D eigenvalue weighted by molar-refractivity contribution is 8.24. The van der Waals surface area contributed by atoms with Gasteiger partial charge in [-0.1, -0.05) is 47.0 Å². The fourth-order valence-electron chi connectivity index (χ4n) is 3.52. The summed E-state index contributed by atoms with van der Waals surface area (Å²) in [6.45, 7) is 7.02. The molecule has 0 rings (SSSR count). The molecule has 0 unspecified atom stereocenters. The number of thioether (sulfide) groups is 4. The van der Waals surface area contributed by atoms with Gasteiger partial charge in [0.25, 0.3) is 0 Å². The van der Waals surface area contributed by atoms with Crippen LogP contribution in [0.25, 0.3) is 0 Å². The van der Waals surface area contributed by atoms with E-state index in [2.05, 4.69) is 0 Å². The predicted octanol–water partition coefficient (Wildman–Crippen LogP) is 4.57. The number of rotatable bonds is 27. The fourth-order valence-corrected chi connectivity index (χ4v) is 6.78. The lowest BCUT2D eigenvalue weighted by atomic mass is 9.90. The molecule has 0 aromatic carbocycles. The number of carbonyl (C=O) groups is 7. The normalized spacial score (nSPS) is 11.2. The number of carboxylic acid groups (broad SMARTS) is 1. The summed E-state index contributed by atoms with van der Waals surface area (Å²) < 4.78 is 52.7. The van der Waals surface area contributed by atoms with Crippen molar-refractivity contribution in [1.29, 1.82) is 0 Å². The van der Waals surface area contributed by atoms with Gasteiger partial charge in [-0.05, 0) is 97.3 Å². The minimum absolute atomic E-state index is 0.0872. The number of carbonyl (C=O) groups excluding carboxylic acids is 6. The number of aliphatic carboxylic acids is 1. The first-order chi connectivity index (χ1) is 28.6. The zero-order valence-corrected chi connectivity index (χ0v) is 41.1. The van der Waals surface area contributed by atoms with Crippen LogP contribution in [0.4, 0.5) is 0 Å². The highest BCUT2D eigenvalue weighted by atomic mass is 32.2. The maximum Gasteiger partial charge on any atom is 0.318 e. The monoisotopic (exact) mass is 1010 g/mol. The molecule has 0 aliphatic heterocycles. The van der Waals surface area contributed by atoms with Crippen LogP contribution in [0.2, 0.25) is 0 Å². The summed E-state index contributed by atoms with van der Waals surface area (Å²) in [5, 5.41) is 10.2. The first-order valence-electron chi connectivity index (χ1n) is 18.0. The summed E-state index contributed by atoms with van der Waals surface area (Å²) in [6, 6.07) is 0. The van der Waals surface area contributed by atoms with Crippen molar-refractivity contribution in [2.75, 3.05) is 89.1 Å². The second kappa shape index (κ2) is 31.2. The van der Waals surface area contributed by atoms with Crippen molar-refractivity contribution in [2.24, 2.45) is 16.2 Å². The third-order valence-electron chi connectivity index (χ3n) is 7.03. The van der Waals surface area contributed by atoms with E-state index in [9.17, 15) is 38.7 Å². The Morgan fingerprint density at radius 3 is 0.803 bits per heavy atom. The third kappa shape index (κ3) is 25.2. The van der Waals surface area contributed by atoms with Crippen LogP contribution in [-0.4, -0.2) is 154 Å². The Bertz CT molecular complexity index is 1380. The Morgan fingerprint density at radius 1 is 0.393 bits per heavy atom. The van der Waals surface area contributed by atoms with Crippen LogP contribution in [0, 0.1) is 16.2 Å². The van der Waals surface area contributed by atoms with Gasteiger partial charge in [0.15, 0.2) is 0 Å². The van der Waals surface area contributed by atoms with E-state index >= 15 is 0 Å². The zero-order chi connectivity index (χ0) is 46.6. The Morgan fingerprint density at radius 2 is 0.607 bits per heavy atom. The van der Waals surface area contributed by atoms with E-state index < -0.39 is 97.7 Å². The smallest absolute Gasteiger partial charge is 0.318 e. The Balaban J connectivity index is 6.07. The Labute approximate surface area is 392 Å². The van der Waals surface area contributed by atoms with E-state index in [-0.39, 0.29) is 67.0 Å². The van der Waals surface area contributed by atoms with E-state index in [0.717, 1.165) is 54.0 Å². The lowest BCUT2D eigenvalue weighted by Gasteiger charge is -2.31. The van der Waals surface area contributed by atoms with Crippen LogP contribution in [-0.2, 0) is 80.9 Å². The number of esters is 6. The molecule has 0 saturated carbocycles. The molecule has 0 spiro atoms. The van der Waals surface area contributed by atoms with Crippen molar-refractivity contribution < 1.29 is 86.0 Å². The molecule has 61 heavy (non-hydrogen) atoms. The van der Waals surface area contributed by atoms with Crippen LogP contribution >= 0.6 is 95.9 Å². The molecule has 0 aromatic rings. The van der Waals surface area contributed by atoms with Gasteiger partial charge in [-0.3, -0.25) is 33.6 Å². The molecule has 0 aliphatic carbocycles. The maximum atomic E-state index is 13.6. The lowest BCUT2D eigenvalue weighted by Crippen LogP contribution is -2.46. The minimum atomic E-state index is -2.11. The molecular formula is C35H50O18S8. The summed E-state index contributed by atoms with van der Waals surface area (Å²) in [5.74, 6) is -8.21. The number of carboxylic acids is 1. The molecule has 0 aromatic heterocycles. The average Bonchev–Trinajstić information content (AvgIpc) is 3.21. The van der Waals surface area contributed by atoms with Crippen molar-refractivity contribution in [2.45, 2.75) is 48.5 Å².